The molecule has 11 nitrogen and oxygen atoms in total. The quantitative estimate of drug-likeness (QED) is 0.0195. The number of nitrogens with one attached hydrogen (secondary N) is 1. The van der Waals surface area contributed by atoms with Crippen LogP contribution in [0.2, 0.25) is 0 Å². The summed E-state index contributed by atoms with van der Waals surface area (Å²) in [5.74, 6) is -0.196. The van der Waals surface area contributed by atoms with E-state index in [-0.39, 0.29) is 18.5 Å². The number of amides is 1. The lowest BCUT2D eigenvalue weighted by Crippen LogP contribution is -2.60. The largest absolute Gasteiger partial charge is 0.466 e. The average molecular weight is 1130 g/mol. The highest BCUT2D eigenvalue weighted by Gasteiger charge is 2.44. The van der Waals surface area contributed by atoms with Crippen LogP contribution in [0.5, 0.6) is 0 Å². The van der Waals surface area contributed by atoms with Crippen molar-refractivity contribution in [2.45, 2.75) is 346 Å². The number of ether oxygens (including phenoxy) is 3. The van der Waals surface area contributed by atoms with Gasteiger partial charge in [0, 0.05) is 12.8 Å². The lowest BCUT2D eigenvalue weighted by molar-refractivity contribution is -0.302. The van der Waals surface area contributed by atoms with Crippen molar-refractivity contribution in [2.24, 2.45) is 0 Å². The van der Waals surface area contributed by atoms with Crippen LogP contribution < -0.4 is 5.32 Å². The van der Waals surface area contributed by atoms with E-state index in [0.717, 1.165) is 77.0 Å². The highest BCUT2D eigenvalue weighted by molar-refractivity contribution is 5.76. The van der Waals surface area contributed by atoms with Gasteiger partial charge in [-0.2, -0.15) is 0 Å². The molecule has 0 bridgehead atoms. The molecule has 80 heavy (non-hydrogen) atoms. The maximum absolute atomic E-state index is 13.0. The van der Waals surface area contributed by atoms with Gasteiger partial charge in [0.1, 0.15) is 24.4 Å². The summed E-state index contributed by atoms with van der Waals surface area (Å²) in [6.07, 6.45) is 66.5. The van der Waals surface area contributed by atoms with E-state index in [1.807, 2.05) is 6.08 Å². The summed E-state index contributed by atoms with van der Waals surface area (Å²) in [4.78, 5) is 25.1. The van der Waals surface area contributed by atoms with Gasteiger partial charge >= 0.3 is 5.97 Å². The number of aliphatic hydroxyl groups excluding tert-OH is 5. The van der Waals surface area contributed by atoms with Crippen LogP contribution in [0.15, 0.2) is 60.8 Å². The third kappa shape index (κ3) is 46.8. The number of aliphatic hydroxyl groups is 5. The molecule has 1 aliphatic heterocycles. The molecule has 1 fully saturated rings. The van der Waals surface area contributed by atoms with Crippen LogP contribution in [-0.2, 0) is 23.8 Å². The minimum Gasteiger partial charge on any atom is -0.466 e. The molecule has 1 saturated heterocycles. The van der Waals surface area contributed by atoms with Gasteiger partial charge in [0.25, 0.3) is 0 Å². The normalized spacial score (nSPS) is 18.7. The average Bonchev–Trinajstić information content (AvgIpc) is 3.47. The number of hydrogen-bond donors (Lipinski definition) is 6. The van der Waals surface area contributed by atoms with Crippen molar-refractivity contribution in [3.8, 4) is 0 Å². The first-order chi connectivity index (χ1) is 39.2. The van der Waals surface area contributed by atoms with Gasteiger partial charge in [0.15, 0.2) is 6.29 Å². The first kappa shape index (κ1) is 75.4. The van der Waals surface area contributed by atoms with Gasteiger partial charge < -0.3 is 45.1 Å². The third-order valence-corrected chi connectivity index (χ3v) is 15.6. The van der Waals surface area contributed by atoms with Crippen molar-refractivity contribution in [2.75, 3.05) is 19.8 Å². The second kappa shape index (κ2) is 58.1. The molecule has 1 aliphatic rings. The van der Waals surface area contributed by atoms with E-state index >= 15 is 0 Å². The number of esters is 1. The predicted molar refractivity (Wildman–Crippen MR) is 333 cm³/mol. The van der Waals surface area contributed by atoms with E-state index < -0.39 is 49.5 Å². The van der Waals surface area contributed by atoms with E-state index in [2.05, 4.69) is 67.8 Å². The molecule has 7 atom stereocenters. The van der Waals surface area contributed by atoms with Crippen molar-refractivity contribution in [1.82, 2.24) is 5.32 Å². The molecule has 0 aromatic rings. The topological polar surface area (TPSA) is 175 Å². The SMILES string of the molecule is CC/C=C/CC/C=C/CC/C=C/C(O)C(COC1OC(CO)C(O)C(O)C1O)NC(=O)CCCCCCCCCCCCCCC/C=C\C/C=C\CCCCCCCCCCCOC(=O)CCCCCCCCCCCCCCC. The lowest BCUT2D eigenvalue weighted by Gasteiger charge is -2.40. The van der Waals surface area contributed by atoms with Crippen LogP contribution in [0.3, 0.4) is 0 Å². The van der Waals surface area contributed by atoms with Gasteiger partial charge in [0.2, 0.25) is 5.91 Å². The van der Waals surface area contributed by atoms with Crippen LogP contribution in [-0.4, -0.2) is 100 Å². The first-order valence-electron chi connectivity index (χ1n) is 33.6. The summed E-state index contributed by atoms with van der Waals surface area (Å²) in [7, 11) is 0. The molecule has 0 spiro atoms. The zero-order chi connectivity index (χ0) is 58.0. The Morgan fingerprint density at radius 3 is 1.36 bits per heavy atom. The molecule has 7 unspecified atom stereocenters. The molecule has 6 N–H and O–H groups in total. The van der Waals surface area contributed by atoms with Gasteiger partial charge in [-0.25, -0.2) is 0 Å². The van der Waals surface area contributed by atoms with Crippen molar-refractivity contribution in [3.63, 3.8) is 0 Å². The van der Waals surface area contributed by atoms with Gasteiger partial charge in [0.05, 0.1) is 32.0 Å². The summed E-state index contributed by atoms with van der Waals surface area (Å²) in [6.45, 7) is 4.21. The van der Waals surface area contributed by atoms with E-state index in [1.54, 1.807) is 6.08 Å². The predicted octanol–water partition coefficient (Wildman–Crippen LogP) is 16.6. The lowest BCUT2D eigenvalue weighted by atomic mass is 9.99. The Labute approximate surface area is 490 Å². The molecule has 0 aliphatic carbocycles. The van der Waals surface area contributed by atoms with Crippen molar-refractivity contribution < 1.29 is 49.3 Å². The minimum atomic E-state index is -1.58. The standard InChI is InChI=1S/C69H125NO10/c1-3-5-7-9-11-13-15-33-37-41-45-49-53-57-65(74)78-58-54-50-46-42-38-35-32-30-28-26-24-22-20-18-16-17-19-21-23-25-27-29-31-34-36-40-44-48-52-56-64(73)70-61(60-79-69-68(77)67(76)66(75)63(59-71)80-69)62(72)55-51-47-43-39-14-12-10-8-6-4-2/h6,8,14,16,18,22,24,39,51,55,61-63,66-69,71-72,75-77H,3-5,7,9-13,15,17,19-21,23,25-38,40-50,52-54,56-60H2,1-2H3,(H,70,73)/b8-6+,18-16-,24-22-,39-14+,55-51+. The molecule has 11 heteroatoms. The number of rotatable bonds is 58. The van der Waals surface area contributed by atoms with Crippen molar-refractivity contribution in [3.05, 3.63) is 60.8 Å². The Morgan fingerprint density at radius 2 is 0.887 bits per heavy atom. The van der Waals surface area contributed by atoms with Crippen molar-refractivity contribution in [1.29, 1.82) is 0 Å². The Kier molecular flexibility index (Phi) is 54.8. The van der Waals surface area contributed by atoms with Crippen LogP contribution in [0.25, 0.3) is 0 Å². The van der Waals surface area contributed by atoms with Crippen molar-refractivity contribution >= 4 is 11.9 Å². The summed E-state index contributed by atoms with van der Waals surface area (Å²) in [5, 5.41) is 54.2. The van der Waals surface area contributed by atoms with E-state index in [0.29, 0.717) is 19.4 Å². The monoisotopic (exact) mass is 1130 g/mol. The number of allylic oxidation sites excluding steroid dienone is 9. The van der Waals surface area contributed by atoms with Crippen LogP contribution in [0.1, 0.15) is 303 Å². The van der Waals surface area contributed by atoms with Gasteiger partial charge in [-0.3, -0.25) is 9.59 Å². The maximum Gasteiger partial charge on any atom is 0.305 e. The highest BCUT2D eigenvalue weighted by atomic mass is 16.7. The second-order valence-corrected chi connectivity index (χ2v) is 23.1. The zero-order valence-corrected chi connectivity index (χ0v) is 51.5. The van der Waals surface area contributed by atoms with Crippen LogP contribution in [0, 0.1) is 0 Å². The van der Waals surface area contributed by atoms with Crippen LogP contribution in [0.4, 0.5) is 0 Å². The number of hydrogen-bond acceptors (Lipinski definition) is 10. The Balaban J connectivity index is 1.97. The fourth-order valence-electron chi connectivity index (χ4n) is 10.3. The highest BCUT2D eigenvalue weighted by Crippen LogP contribution is 2.23. The molecule has 0 radical (unpaired) electrons. The maximum atomic E-state index is 13.0. The smallest absolute Gasteiger partial charge is 0.305 e. The van der Waals surface area contributed by atoms with Gasteiger partial charge in [-0.15, -0.1) is 0 Å². The summed E-state index contributed by atoms with van der Waals surface area (Å²) >= 11 is 0. The number of unbranched alkanes of at least 4 members (excludes halogenated alkanes) is 36. The second-order valence-electron chi connectivity index (χ2n) is 23.1. The van der Waals surface area contributed by atoms with Gasteiger partial charge in [-0.1, -0.05) is 267 Å². The summed E-state index contributed by atoms with van der Waals surface area (Å²) in [6, 6.07) is -0.835. The van der Waals surface area contributed by atoms with Crippen LogP contribution >= 0.6 is 0 Å². The van der Waals surface area contributed by atoms with E-state index in [1.165, 1.54) is 199 Å². The molecule has 1 rings (SSSR count). The fourth-order valence-corrected chi connectivity index (χ4v) is 10.3. The number of carbonyl (C=O) groups is 2. The Bertz CT molecular complexity index is 1510. The molecular weight excluding hydrogens is 1000 g/mol. The summed E-state index contributed by atoms with van der Waals surface area (Å²) < 4.78 is 16.7. The van der Waals surface area contributed by atoms with E-state index in [9.17, 15) is 35.1 Å². The molecule has 0 aromatic heterocycles. The fraction of sp³-hybridized carbons (Fsp3) is 0.826. The third-order valence-electron chi connectivity index (χ3n) is 15.6. The molecule has 466 valence electrons. The Morgan fingerprint density at radius 1 is 0.475 bits per heavy atom. The zero-order valence-electron chi connectivity index (χ0n) is 51.5. The molecule has 1 amide bonds. The summed E-state index contributed by atoms with van der Waals surface area (Å²) in [5.41, 5.74) is 0. The minimum absolute atomic E-state index is 0.00397. The number of carbonyl (C=O) groups excluding carboxylic acids is 2. The van der Waals surface area contributed by atoms with Gasteiger partial charge in [-0.05, 0) is 83.5 Å². The molecule has 1 heterocycles. The molecule has 0 aromatic carbocycles. The Hall–Kier alpha value is -2.64. The van der Waals surface area contributed by atoms with E-state index in [4.69, 9.17) is 14.2 Å². The molecule has 0 saturated carbocycles. The first-order valence-corrected chi connectivity index (χ1v) is 33.6. The molecular formula is C69H125NO10.